The number of rotatable bonds is 7. The Morgan fingerprint density at radius 3 is 2.55 bits per heavy atom. The van der Waals surface area contributed by atoms with Crippen molar-refractivity contribution in [3.63, 3.8) is 0 Å². The van der Waals surface area contributed by atoms with Crippen LogP contribution < -0.4 is 5.73 Å². The Balaban J connectivity index is 3.01. The summed E-state index contributed by atoms with van der Waals surface area (Å²) in [5, 5.41) is 0.110. The van der Waals surface area contributed by atoms with Crippen LogP contribution in [0.3, 0.4) is 0 Å². The zero-order valence-electron chi connectivity index (χ0n) is 13.0. The number of aromatic nitrogens is 2. The average molecular weight is 302 g/mol. The third kappa shape index (κ3) is 3.80. The smallest absolute Gasteiger partial charge is 0.261 e. The second kappa shape index (κ2) is 6.24. The van der Waals surface area contributed by atoms with Gasteiger partial charge >= 0.3 is 0 Å². The minimum Gasteiger partial charge on any atom is -0.334 e. The average Bonchev–Trinajstić information content (AvgIpc) is 2.72. The summed E-state index contributed by atoms with van der Waals surface area (Å²) in [7, 11) is -1.99. The number of sulfonamides is 1. The molecular weight excluding hydrogens is 276 g/mol. The summed E-state index contributed by atoms with van der Waals surface area (Å²) in [4.78, 5) is 4.18. The molecule has 0 aliphatic rings. The Hall–Kier alpha value is -0.920. The zero-order valence-corrected chi connectivity index (χ0v) is 13.9. The van der Waals surface area contributed by atoms with Crippen LogP contribution >= 0.6 is 0 Å². The molecule has 0 spiro atoms. The lowest BCUT2D eigenvalue weighted by molar-refractivity contribution is 0.291. The molecule has 1 aromatic heterocycles. The van der Waals surface area contributed by atoms with Crippen molar-refractivity contribution in [1.29, 1.82) is 0 Å². The van der Waals surface area contributed by atoms with E-state index in [1.54, 1.807) is 13.2 Å². The molecule has 0 radical (unpaired) electrons. The molecule has 0 bridgehead atoms. The van der Waals surface area contributed by atoms with E-state index in [0.717, 1.165) is 18.8 Å². The van der Waals surface area contributed by atoms with Gasteiger partial charge in [-0.3, -0.25) is 0 Å². The number of hydrogen-bond acceptors (Lipinski definition) is 4. The van der Waals surface area contributed by atoms with Crippen LogP contribution in [0, 0.1) is 12.3 Å². The van der Waals surface area contributed by atoms with E-state index in [1.807, 2.05) is 32.3 Å². The number of aryl methyl sites for hydroxylation is 2. The van der Waals surface area contributed by atoms with Gasteiger partial charge in [-0.1, -0.05) is 20.8 Å². The maximum atomic E-state index is 12.5. The van der Waals surface area contributed by atoms with Crippen molar-refractivity contribution in [2.45, 2.75) is 45.7 Å². The highest BCUT2D eigenvalue weighted by Gasteiger charge is 2.29. The monoisotopic (exact) mass is 302 g/mol. The fourth-order valence-electron chi connectivity index (χ4n) is 1.98. The maximum Gasteiger partial charge on any atom is 0.261 e. The Morgan fingerprint density at radius 2 is 2.05 bits per heavy atom. The van der Waals surface area contributed by atoms with Crippen LogP contribution in [0.25, 0.3) is 0 Å². The van der Waals surface area contributed by atoms with Crippen LogP contribution in [-0.2, 0) is 16.6 Å². The highest BCUT2D eigenvalue weighted by Crippen LogP contribution is 2.20. The zero-order chi connectivity index (χ0) is 15.6. The lowest BCUT2D eigenvalue weighted by atomic mass is 9.94. The molecule has 0 aliphatic heterocycles. The molecule has 6 nitrogen and oxygen atoms in total. The van der Waals surface area contributed by atoms with Gasteiger partial charge in [-0.15, -0.1) is 0 Å². The Kier molecular flexibility index (Phi) is 5.34. The molecule has 0 fully saturated rings. The third-order valence-corrected chi connectivity index (χ3v) is 4.97. The van der Waals surface area contributed by atoms with Crippen molar-refractivity contribution in [1.82, 2.24) is 13.9 Å². The van der Waals surface area contributed by atoms with Gasteiger partial charge in [0.15, 0.2) is 5.03 Å². The van der Waals surface area contributed by atoms with Gasteiger partial charge in [0.2, 0.25) is 0 Å². The highest BCUT2D eigenvalue weighted by molar-refractivity contribution is 7.89. The summed E-state index contributed by atoms with van der Waals surface area (Å²) in [5.74, 6) is 0.719. The Morgan fingerprint density at radius 1 is 1.45 bits per heavy atom. The second-order valence-corrected chi connectivity index (χ2v) is 7.94. The van der Waals surface area contributed by atoms with Crippen molar-refractivity contribution >= 4 is 10.0 Å². The predicted molar refractivity (Wildman–Crippen MR) is 79.9 cm³/mol. The van der Waals surface area contributed by atoms with Crippen LogP contribution in [0.4, 0.5) is 0 Å². The topological polar surface area (TPSA) is 81.2 Å². The first-order valence-electron chi connectivity index (χ1n) is 6.84. The summed E-state index contributed by atoms with van der Waals surface area (Å²) in [6.07, 6.45) is 2.55. The van der Waals surface area contributed by atoms with Crippen LogP contribution in [0.1, 0.15) is 33.0 Å². The van der Waals surface area contributed by atoms with Crippen molar-refractivity contribution < 1.29 is 8.42 Å². The lowest BCUT2D eigenvalue weighted by Crippen LogP contribution is -2.39. The van der Waals surface area contributed by atoms with Gasteiger partial charge in [-0.25, -0.2) is 13.4 Å². The van der Waals surface area contributed by atoms with E-state index in [0.29, 0.717) is 13.1 Å². The molecule has 0 aliphatic carbocycles. The third-order valence-electron chi connectivity index (χ3n) is 3.30. The highest BCUT2D eigenvalue weighted by atomic mass is 32.2. The fourth-order valence-corrected chi connectivity index (χ4v) is 3.33. The summed E-state index contributed by atoms with van der Waals surface area (Å²) in [6, 6.07) is 0. The number of imidazole rings is 1. The number of nitrogens with two attached hydrogens (primary N) is 1. The standard InChI is InChI=1S/C13H26N4O2S/c1-6-7-17-8-12(15-11(17)2)20(18,19)16(5)10-13(3,4)9-14/h8H,6-7,9-10,14H2,1-5H3. The summed E-state index contributed by atoms with van der Waals surface area (Å²) >= 11 is 0. The van der Waals surface area contributed by atoms with Crippen LogP contribution in [0.2, 0.25) is 0 Å². The van der Waals surface area contributed by atoms with Crippen LogP contribution in [0.5, 0.6) is 0 Å². The molecule has 1 aromatic rings. The number of hydrogen-bond donors (Lipinski definition) is 1. The first-order chi connectivity index (χ1) is 9.14. The van der Waals surface area contributed by atoms with Crippen LogP contribution in [-0.4, -0.2) is 42.4 Å². The van der Waals surface area contributed by atoms with Gasteiger partial charge < -0.3 is 10.3 Å². The van der Waals surface area contributed by atoms with Gasteiger partial charge in [0.25, 0.3) is 10.0 Å². The lowest BCUT2D eigenvalue weighted by Gasteiger charge is -2.27. The fraction of sp³-hybridized carbons (Fsp3) is 0.769. The van der Waals surface area contributed by atoms with Crippen molar-refractivity contribution in [3.8, 4) is 0 Å². The molecule has 116 valence electrons. The van der Waals surface area contributed by atoms with E-state index in [-0.39, 0.29) is 10.4 Å². The molecular formula is C13H26N4O2S. The van der Waals surface area contributed by atoms with Crippen LogP contribution in [0.15, 0.2) is 11.2 Å². The predicted octanol–water partition coefficient (Wildman–Crippen LogP) is 1.21. The SMILES string of the molecule is CCCn1cc(S(=O)(=O)N(C)CC(C)(C)CN)nc1C. The normalized spacial score (nSPS) is 13.2. The molecule has 0 atom stereocenters. The first-order valence-corrected chi connectivity index (χ1v) is 8.28. The van der Waals surface area contributed by atoms with Gasteiger partial charge in [-0.2, -0.15) is 4.31 Å². The minimum absolute atomic E-state index is 0.110. The molecule has 0 unspecified atom stereocenters. The molecule has 1 rings (SSSR count). The van der Waals surface area contributed by atoms with Crippen molar-refractivity contribution in [2.75, 3.05) is 20.1 Å². The molecule has 0 amide bonds. The van der Waals surface area contributed by atoms with E-state index in [2.05, 4.69) is 4.98 Å². The summed E-state index contributed by atoms with van der Waals surface area (Å²) < 4.78 is 28.2. The van der Waals surface area contributed by atoms with Crippen molar-refractivity contribution in [3.05, 3.63) is 12.0 Å². The molecule has 0 saturated carbocycles. The van der Waals surface area contributed by atoms with E-state index < -0.39 is 10.0 Å². The Bertz CT molecular complexity index is 549. The van der Waals surface area contributed by atoms with E-state index in [1.165, 1.54) is 4.31 Å². The summed E-state index contributed by atoms with van der Waals surface area (Å²) in [5.41, 5.74) is 5.40. The molecule has 0 saturated heterocycles. The molecule has 0 aromatic carbocycles. The minimum atomic E-state index is -3.56. The molecule has 2 N–H and O–H groups in total. The van der Waals surface area contributed by atoms with Gasteiger partial charge in [-0.05, 0) is 25.3 Å². The number of nitrogens with zero attached hydrogens (tertiary/aromatic N) is 3. The molecule has 20 heavy (non-hydrogen) atoms. The van der Waals surface area contributed by atoms with Gasteiger partial charge in [0, 0.05) is 26.3 Å². The maximum absolute atomic E-state index is 12.5. The van der Waals surface area contributed by atoms with Gasteiger partial charge in [0.1, 0.15) is 5.82 Å². The second-order valence-electron chi connectivity index (χ2n) is 5.95. The van der Waals surface area contributed by atoms with Crippen molar-refractivity contribution in [2.24, 2.45) is 11.1 Å². The van der Waals surface area contributed by atoms with E-state index in [9.17, 15) is 8.42 Å². The molecule has 7 heteroatoms. The summed E-state index contributed by atoms with van der Waals surface area (Å²) in [6.45, 7) is 9.32. The van der Waals surface area contributed by atoms with Gasteiger partial charge in [0.05, 0.1) is 0 Å². The Labute approximate surface area is 122 Å². The van der Waals surface area contributed by atoms with E-state index >= 15 is 0 Å². The molecule has 1 heterocycles. The first kappa shape index (κ1) is 17.1. The quantitative estimate of drug-likeness (QED) is 0.821. The largest absolute Gasteiger partial charge is 0.334 e. The van der Waals surface area contributed by atoms with E-state index in [4.69, 9.17) is 5.73 Å².